The van der Waals surface area contributed by atoms with Crippen molar-refractivity contribution in [3.05, 3.63) is 18.3 Å². The fourth-order valence-electron chi connectivity index (χ4n) is 0.986. The highest BCUT2D eigenvalue weighted by Gasteiger charge is 2.01. The molecule has 0 aliphatic carbocycles. The van der Waals surface area contributed by atoms with E-state index in [0.717, 1.165) is 5.69 Å². The average Bonchev–Trinajstić information content (AvgIpc) is 2.17. The summed E-state index contributed by atoms with van der Waals surface area (Å²) in [6, 6.07) is 3.50. The first-order valence-corrected chi connectivity index (χ1v) is 6.49. The first kappa shape index (κ1) is 11.8. The number of pyridine rings is 1. The summed E-state index contributed by atoms with van der Waals surface area (Å²) >= 11 is 0. The Bertz CT molecular complexity index is 400. The van der Waals surface area contributed by atoms with Crippen LogP contribution >= 0.6 is 0 Å². The van der Waals surface area contributed by atoms with Crippen molar-refractivity contribution in [2.24, 2.45) is 0 Å². The van der Waals surface area contributed by atoms with Crippen LogP contribution in [0.4, 0.5) is 5.69 Å². The van der Waals surface area contributed by atoms with E-state index in [2.05, 4.69) is 10.3 Å². The normalized spacial score (nSPS) is 11.1. The van der Waals surface area contributed by atoms with Gasteiger partial charge >= 0.3 is 0 Å². The largest absolute Gasteiger partial charge is 0.481 e. The molecular weight excluding hydrogens is 216 g/mol. The molecule has 1 N–H and O–H groups in total. The average molecular weight is 230 g/mol. The van der Waals surface area contributed by atoms with Crippen LogP contribution in [0, 0.1) is 0 Å². The molecule has 15 heavy (non-hydrogen) atoms. The first-order valence-electron chi connectivity index (χ1n) is 4.43. The second kappa shape index (κ2) is 4.97. The zero-order valence-corrected chi connectivity index (χ0v) is 9.54. The van der Waals surface area contributed by atoms with Crippen LogP contribution in [0.15, 0.2) is 18.3 Å². The molecular formula is C9H14N2O3S. The zero-order valence-electron chi connectivity index (χ0n) is 8.73. The second-order valence-electron chi connectivity index (χ2n) is 3.15. The van der Waals surface area contributed by atoms with Crippen molar-refractivity contribution >= 4 is 15.5 Å². The van der Waals surface area contributed by atoms with Crippen LogP contribution in [-0.4, -0.2) is 39.1 Å². The highest BCUT2D eigenvalue weighted by atomic mass is 32.2. The van der Waals surface area contributed by atoms with Gasteiger partial charge < -0.3 is 10.1 Å². The molecule has 6 heteroatoms. The number of nitrogens with one attached hydrogen (secondary N) is 1. The number of aromatic nitrogens is 1. The Kier molecular flexibility index (Phi) is 3.90. The SMILES string of the molecule is COc1ccc(NCCS(C)(=O)=O)cn1. The van der Waals surface area contributed by atoms with Crippen LogP contribution in [-0.2, 0) is 9.84 Å². The lowest BCUT2D eigenvalue weighted by atomic mass is 10.4. The van der Waals surface area contributed by atoms with Gasteiger partial charge in [-0.3, -0.25) is 0 Å². The third-order valence-electron chi connectivity index (χ3n) is 1.75. The number of anilines is 1. The van der Waals surface area contributed by atoms with Gasteiger partial charge in [0.15, 0.2) is 0 Å². The summed E-state index contributed by atoms with van der Waals surface area (Å²) < 4.78 is 26.6. The van der Waals surface area contributed by atoms with Gasteiger partial charge in [0.25, 0.3) is 0 Å². The van der Waals surface area contributed by atoms with Crippen LogP contribution in [0.1, 0.15) is 0 Å². The van der Waals surface area contributed by atoms with Crippen molar-refractivity contribution in [1.82, 2.24) is 4.98 Å². The zero-order chi connectivity index (χ0) is 11.3. The van der Waals surface area contributed by atoms with Crippen LogP contribution < -0.4 is 10.1 Å². The Labute approximate surface area is 89.4 Å². The molecule has 0 aliphatic rings. The highest BCUT2D eigenvalue weighted by Crippen LogP contribution is 2.10. The van der Waals surface area contributed by atoms with Gasteiger partial charge in [-0.05, 0) is 6.07 Å². The van der Waals surface area contributed by atoms with Gasteiger partial charge in [-0.15, -0.1) is 0 Å². The van der Waals surface area contributed by atoms with Crippen LogP contribution in [0.2, 0.25) is 0 Å². The Morgan fingerprint density at radius 3 is 2.67 bits per heavy atom. The molecule has 0 bridgehead atoms. The Hall–Kier alpha value is -1.30. The van der Waals surface area contributed by atoms with E-state index in [9.17, 15) is 8.42 Å². The summed E-state index contributed by atoms with van der Waals surface area (Å²) in [4.78, 5) is 3.98. The van der Waals surface area contributed by atoms with Crippen molar-refractivity contribution < 1.29 is 13.2 Å². The lowest BCUT2D eigenvalue weighted by molar-refractivity contribution is 0.398. The highest BCUT2D eigenvalue weighted by molar-refractivity contribution is 7.90. The lowest BCUT2D eigenvalue weighted by Gasteiger charge is -2.05. The molecule has 0 aromatic carbocycles. The van der Waals surface area contributed by atoms with Crippen LogP contribution in [0.5, 0.6) is 5.88 Å². The summed E-state index contributed by atoms with van der Waals surface area (Å²) in [5.41, 5.74) is 0.777. The monoisotopic (exact) mass is 230 g/mol. The number of ether oxygens (including phenoxy) is 1. The summed E-state index contributed by atoms with van der Waals surface area (Å²) in [5.74, 6) is 0.641. The van der Waals surface area contributed by atoms with E-state index in [1.54, 1.807) is 25.4 Å². The maximum Gasteiger partial charge on any atom is 0.213 e. The number of hydrogen-bond acceptors (Lipinski definition) is 5. The summed E-state index contributed by atoms with van der Waals surface area (Å²) in [6.45, 7) is 0.382. The molecule has 1 heterocycles. The fraction of sp³-hybridized carbons (Fsp3) is 0.444. The van der Waals surface area contributed by atoms with Crippen LogP contribution in [0.3, 0.4) is 0 Å². The third-order valence-corrected chi connectivity index (χ3v) is 2.69. The summed E-state index contributed by atoms with van der Waals surface area (Å²) in [5, 5.41) is 2.96. The van der Waals surface area contributed by atoms with Gasteiger partial charge in [-0.25, -0.2) is 13.4 Å². The molecule has 84 valence electrons. The van der Waals surface area contributed by atoms with E-state index >= 15 is 0 Å². The third kappa shape index (κ3) is 4.64. The van der Waals surface area contributed by atoms with Crippen LogP contribution in [0.25, 0.3) is 0 Å². The number of nitrogens with zero attached hydrogens (tertiary/aromatic N) is 1. The predicted octanol–water partition coefficient (Wildman–Crippen LogP) is 0.547. The molecule has 0 spiro atoms. The number of rotatable bonds is 5. The smallest absolute Gasteiger partial charge is 0.213 e. The lowest BCUT2D eigenvalue weighted by Crippen LogP contribution is -2.14. The van der Waals surface area contributed by atoms with Crippen molar-refractivity contribution in [2.75, 3.05) is 31.0 Å². The molecule has 0 fully saturated rings. The Balaban J connectivity index is 2.45. The molecule has 0 saturated heterocycles. The summed E-state index contributed by atoms with van der Waals surface area (Å²) in [6.07, 6.45) is 2.81. The van der Waals surface area contributed by atoms with Gasteiger partial charge in [0, 0.05) is 18.9 Å². The first-order chi connectivity index (χ1) is 7.01. The topological polar surface area (TPSA) is 68.3 Å². The van der Waals surface area contributed by atoms with Gasteiger partial charge in [0.2, 0.25) is 5.88 Å². The molecule has 1 rings (SSSR count). The molecule has 0 saturated carbocycles. The molecule has 0 amide bonds. The number of hydrogen-bond donors (Lipinski definition) is 1. The number of methoxy groups -OCH3 is 1. The predicted molar refractivity (Wildman–Crippen MR) is 59.0 cm³/mol. The molecule has 0 aliphatic heterocycles. The van der Waals surface area contributed by atoms with E-state index in [4.69, 9.17) is 4.74 Å². The maximum absolute atomic E-state index is 10.8. The Morgan fingerprint density at radius 2 is 2.20 bits per heavy atom. The van der Waals surface area contributed by atoms with Crippen molar-refractivity contribution in [3.63, 3.8) is 0 Å². The molecule has 1 aromatic rings. The minimum absolute atomic E-state index is 0.110. The van der Waals surface area contributed by atoms with E-state index in [-0.39, 0.29) is 5.75 Å². The minimum Gasteiger partial charge on any atom is -0.481 e. The van der Waals surface area contributed by atoms with Gasteiger partial charge in [0.05, 0.1) is 24.7 Å². The summed E-state index contributed by atoms with van der Waals surface area (Å²) in [7, 11) is -1.37. The van der Waals surface area contributed by atoms with E-state index < -0.39 is 9.84 Å². The van der Waals surface area contributed by atoms with Crippen molar-refractivity contribution in [1.29, 1.82) is 0 Å². The maximum atomic E-state index is 10.8. The van der Waals surface area contributed by atoms with E-state index in [1.165, 1.54) is 6.26 Å². The molecule has 0 radical (unpaired) electrons. The minimum atomic E-state index is -2.91. The van der Waals surface area contributed by atoms with Crippen molar-refractivity contribution in [3.8, 4) is 5.88 Å². The molecule has 0 unspecified atom stereocenters. The Morgan fingerprint density at radius 1 is 1.47 bits per heavy atom. The second-order valence-corrected chi connectivity index (χ2v) is 5.41. The molecule has 0 atom stereocenters. The fourth-order valence-corrected chi connectivity index (χ4v) is 1.46. The molecule has 1 aromatic heterocycles. The molecule has 5 nitrogen and oxygen atoms in total. The van der Waals surface area contributed by atoms with Gasteiger partial charge in [-0.2, -0.15) is 0 Å². The van der Waals surface area contributed by atoms with E-state index in [1.807, 2.05) is 0 Å². The van der Waals surface area contributed by atoms with Crippen molar-refractivity contribution in [2.45, 2.75) is 0 Å². The quantitative estimate of drug-likeness (QED) is 0.800. The van der Waals surface area contributed by atoms with E-state index in [0.29, 0.717) is 12.4 Å². The number of sulfone groups is 1. The van der Waals surface area contributed by atoms with Gasteiger partial charge in [0.1, 0.15) is 9.84 Å². The standard InChI is InChI=1S/C9H14N2O3S/c1-14-9-4-3-8(7-11-9)10-5-6-15(2,12)13/h3-4,7,10H,5-6H2,1-2H3. The van der Waals surface area contributed by atoms with Gasteiger partial charge in [-0.1, -0.05) is 0 Å².